The summed E-state index contributed by atoms with van der Waals surface area (Å²) in [4.78, 5) is 11.1. The Kier molecular flexibility index (Phi) is 4.16. The lowest BCUT2D eigenvalue weighted by atomic mass is 9.97. The van der Waals surface area contributed by atoms with E-state index in [0.717, 1.165) is 0 Å². The third kappa shape index (κ3) is 4.24. The Labute approximate surface area is 119 Å². The third-order valence-electron chi connectivity index (χ3n) is 2.76. The van der Waals surface area contributed by atoms with E-state index >= 15 is 0 Å². The SMILES string of the molecule is NC(=O)Cc1ccccc1-c1cccc(OC(F)(F)F)c1. The molecule has 0 aliphatic rings. The molecule has 0 unspecified atom stereocenters. The lowest BCUT2D eigenvalue weighted by molar-refractivity contribution is -0.274. The molecule has 2 rings (SSSR count). The Morgan fingerprint density at radius 1 is 1.10 bits per heavy atom. The van der Waals surface area contributed by atoms with Gasteiger partial charge < -0.3 is 10.5 Å². The fraction of sp³-hybridized carbons (Fsp3) is 0.133. The van der Waals surface area contributed by atoms with Crippen LogP contribution in [0.3, 0.4) is 0 Å². The highest BCUT2D eigenvalue weighted by atomic mass is 19.4. The minimum Gasteiger partial charge on any atom is -0.406 e. The van der Waals surface area contributed by atoms with Crippen molar-refractivity contribution in [1.29, 1.82) is 0 Å². The van der Waals surface area contributed by atoms with Crippen LogP contribution in [0.25, 0.3) is 11.1 Å². The summed E-state index contributed by atoms with van der Waals surface area (Å²) < 4.78 is 40.6. The Bertz CT molecular complexity index is 653. The van der Waals surface area contributed by atoms with Crippen LogP contribution >= 0.6 is 0 Å². The van der Waals surface area contributed by atoms with Crippen LogP contribution in [0.1, 0.15) is 5.56 Å². The van der Waals surface area contributed by atoms with E-state index in [4.69, 9.17) is 5.73 Å². The highest BCUT2D eigenvalue weighted by Gasteiger charge is 2.31. The number of carbonyl (C=O) groups is 1. The summed E-state index contributed by atoms with van der Waals surface area (Å²) in [6.45, 7) is 0. The Balaban J connectivity index is 2.38. The van der Waals surface area contributed by atoms with Gasteiger partial charge in [-0.15, -0.1) is 13.2 Å². The zero-order chi connectivity index (χ0) is 15.5. The van der Waals surface area contributed by atoms with E-state index in [-0.39, 0.29) is 12.2 Å². The van der Waals surface area contributed by atoms with Crippen molar-refractivity contribution in [3.05, 3.63) is 54.1 Å². The molecule has 6 heteroatoms. The monoisotopic (exact) mass is 295 g/mol. The molecule has 3 nitrogen and oxygen atoms in total. The van der Waals surface area contributed by atoms with Crippen molar-refractivity contribution in [2.24, 2.45) is 5.73 Å². The number of nitrogens with two attached hydrogens (primary N) is 1. The number of alkyl halides is 3. The molecule has 0 aliphatic carbocycles. The fourth-order valence-electron chi connectivity index (χ4n) is 2.00. The summed E-state index contributed by atoms with van der Waals surface area (Å²) in [5.41, 5.74) is 6.98. The normalized spacial score (nSPS) is 11.2. The number of halogens is 3. The van der Waals surface area contributed by atoms with Gasteiger partial charge in [-0.1, -0.05) is 36.4 Å². The van der Waals surface area contributed by atoms with Gasteiger partial charge in [0.05, 0.1) is 6.42 Å². The molecule has 0 heterocycles. The number of benzene rings is 2. The van der Waals surface area contributed by atoms with Gasteiger partial charge in [-0.05, 0) is 28.8 Å². The number of hydrogen-bond donors (Lipinski definition) is 1. The Morgan fingerprint density at radius 2 is 1.81 bits per heavy atom. The number of primary amides is 1. The molecule has 110 valence electrons. The molecule has 0 radical (unpaired) electrons. The molecule has 1 amide bonds. The van der Waals surface area contributed by atoms with Crippen LogP contribution in [0, 0.1) is 0 Å². The second-order valence-corrected chi connectivity index (χ2v) is 4.38. The number of carbonyl (C=O) groups excluding carboxylic acids is 1. The predicted molar refractivity (Wildman–Crippen MR) is 71.5 cm³/mol. The molecule has 2 N–H and O–H groups in total. The van der Waals surface area contributed by atoms with Gasteiger partial charge in [0, 0.05) is 0 Å². The zero-order valence-corrected chi connectivity index (χ0v) is 10.9. The average molecular weight is 295 g/mol. The smallest absolute Gasteiger partial charge is 0.406 e. The quantitative estimate of drug-likeness (QED) is 0.941. The highest BCUT2D eigenvalue weighted by Crippen LogP contribution is 2.29. The topological polar surface area (TPSA) is 52.3 Å². The maximum atomic E-state index is 12.2. The van der Waals surface area contributed by atoms with Crippen molar-refractivity contribution in [3.8, 4) is 16.9 Å². The predicted octanol–water partition coefficient (Wildman–Crippen LogP) is 3.28. The molecule has 0 saturated heterocycles. The van der Waals surface area contributed by atoms with Gasteiger partial charge in [0.1, 0.15) is 5.75 Å². The first kappa shape index (κ1) is 14.9. The number of amides is 1. The van der Waals surface area contributed by atoms with Gasteiger partial charge >= 0.3 is 6.36 Å². The third-order valence-corrected chi connectivity index (χ3v) is 2.76. The van der Waals surface area contributed by atoms with Gasteiger partial charge in [0.2, 0.25) is 5.91 Å². The molecule has 0 spiro atoms. The molecule has 2 aromatic rings. The van der Waals surface area contributed by atoms with Crippen molar-refractivity contribution in [2.75, 3.05) is 0 Å². The van der Waals surface area contributed by atoms with Crippen LogP contribution in [0.5, 0.6) is 5.75 Å². The molecule has 0 aliphatic heterocycles. The molecule has 0 aromatic heterocycles. The molecule has 21 heavy (non-hydrogen) atoms. The van der Waals surface area contributed by atoms with E-state index < -0.39 is 12.3 Å². The van der Waals surface area contributed by atoms with Gasteiger partial charge in [-0.25, -0.2) is 0 Å². The maximum absolute atomic E-state index is 12.2. The molecule has 2 aromatic carbocycles. The molecule has 0 atom stereocenters. The molecular weight excluding hydrogens is 283 g/mol. The van der Waals surface area contributed by atoms with E-state index in [2.05, 4.69) is 4.74 Å². The van der Waals surface area contributed by atoms with E-state index in [1.54, 1.807) is 30.3 Å². The lowest BCUT2D eigenvalue weighted by Gasteiger charge is -2.12. The number of hydrogen-bond acceptors (Lipinski definition) is 2. The van der Waals surface area contributed by atoms with Gasteiger partial charge in [0.15, 0.2) is 0 Å². The van der Waals surface area contributed by atoms with Gasteiger partial charge in [-0.2, -0.15) is 0 Å². The Morgan fingerprint density at radius 3 is 2.48 bits per heavy atom. The number of rotatable bonds is 4. The summed E-state index contributed by atoms with van der Waals surface area (Å²) in [5, 5.41) is 0. The van der Waals surface area contributed by atoms with Crippen LogP contribution < -0.4 is 10.5 Å². The van der Waals surface area contributed by atoms with Crippen LogP contribution in [0.15, 0.2) is 48.5 Å². The van der Waals surface area contributed by atoms with E-state index in [0.29, 0.717) is 16.7 Å². The molecule has 0 saturated carbocycles. The fourth-order valence-corrected chi connectivity index (χ4v) is 2.00. The summed E-state index contributed by atoms with van der Waals surface area (Å²) >= 11 is 0. The summed E-state index contributed by atoms with van der Waals surface area (Å²) in [6.07, 6.45) is -4.73. The van der Waals surface area contributed by atoms with Crippen molar-refractivity contribution in [2.45, 2.75) is 12.8 Å². The average Bonchev–Trinajstić information content (AvgIpc) is 2.37. The highest BCUT2D eigenvalue weighted by molar-refractivity contribution is 5.80. The minimum absolute atomic E-state index is 0.0144. The van der Waals surface area contributed by atoms with Gasteiger partial charge in [0.25, 0.3) is 0 Å². The second-order valence-electron chi connectivity index (χ2n) is 4.38. The summed E-state index contributed by atoms with van der Waals surface area (Å²) in [7, 11) is 0. The van der Waals surface area contributed by atoms with Crippen LogP contribution in [0.4, 0.5) is 13.2 Å². The van der Waals surface area contributed by atoms with Gasteiger partial charge in [-0.3, -0.25) is 4.79 Å². The molecule has 0 fully saturated rings. The lowest BCUT2D eigenvalue weighted by Crippen LogP contribution is -2.17. The molecule has 0 bridgehead atoms. The van der Waals surface area contributed by atoms with Crippen LogP contribution in [-0.4, -0.2) is 12.3 Å². The largest absolute Gasteiger partial charge is 0.573 e. The maximum Gasteiger partial charge on any atom is 0.573 e. The summed E-state index contributed by atoms with van der Waals surface area (Å²) in [5.74, 6) is -0.820. The first-order chi connectivity index (χ1) is 9.85. The first-order valence-corrected chi connectivity index (χ1v) is 6.07. The standard InChI is InChI=1S/C15H12F3NO2/c16-15(17,18)21-12-6-3-5-10(8-12)13-7-2-1-4-11(13)9-14(19)20/h1-8H,9H2,(H2,19,20). The van der Waals surface area contributed by atoms with Crippen molar-refractivity contribution in [3.63, 3.8) is 0 Å². The van der Waals surface area contributed by atoms with E-state index in [1.807, 2.05) is 0 Å². The van der Waals surface area contributed by atoms with Crippen molar-refractivity contribution < 1.29 is 22.7 Å². The van der Waals surface area contributed by atoms with Crippen molar-refractivity contribution in [1.82, 2.24) is 0 Å². The van der Waals surface area contributed by atoms with Crippen molar-refractivity contribution >= 4 is 5.91 Å². The number of ether oxygens (including phenoxy) is 1. The molecular formula is C15H12F3NO2. The van der Waals surface area contributed by atoms with Crippen LogP contribution in [-0.2, 0) is 11.2 Å². The van der Waals surface area contributed by atoms with Crippen LogP contribution in [0.2, 0.25) is 0 Å². The first-order valence-electron chi connectivity index (χ1n) is 6.07. The second kappa shape index (κ2) is 5.87. The summed E-state index contributed by atoms with van der Waals surface area (Å²) in [6, 6.07) is 12.5. The van der Waals surface area contributed by atoms with E-state index in [9.17, 15) is 18.0 Å². The van der Waals surface area contributed by atoms with E-state index in [1.165, 1.54) is 18.2 Å². The Hall–Kier alpha value is -2.50. The minimum atomic E-state index is -4.74. The zero-order valence-electron chi connectivity index (χ0n) is 10.9.